The third-order valence-corrected chi connectivity index (χ3v) is 6.85. The zero-order valence-electron chi connectivity index (χ0n) is 13.1. The van der Waals surface area contributed by atoms with E-state index in [1.165, 1.54) is 19.3 Å². The second kappa shape index (κ2) is 9.19. The Kier molecular flexibility index (Phi) is 8.21. The van der Waals surface area contributed by atoms with Crippen molar-refractivity contribution in [3.8, 4) is 0 Å². The number of alkyl halides is 3. The summed E-state index contributed by atoms with van der Waals surface area (Å²) in [5, 5.41) is 0. The zero-order chi connectivity index (χ0) is 18.4. The van der Waals surface area contributed by atoms with Crippen LogP contribution in [0.1, 0.15) is 44.9 Å². The minimum absolute atomic E-state index is 0.233. The topological polar surface area (TPSA) is 91.3 Å². The lowest BCUT2D eigenvalue weighted by Gasteiger charge is -2.20. The predicted molar refractivity (Wildman–Crippen MR) is 83.5 cm³/mol. The van der Waals surface area contributed by atoms with Gasteiger partial charge in [0.05, 0.1) is 12.8 Å². The average molecular weight is 390 g/mol. The fourth-order valence-electron chi connectivity index (χ4n) is 2.63. The molecule has 0 aromatic heterocycles. The van der Waals surface area contributed by atoms with Crippen LogP contribution in [-0.4, -0.2) is 47.3 Å². The van der Waals surface area contributed by atoms with Crippen molar-refractivity contribution in [3.05, 3.63) is 0 Å². The summed E-state index contributed by atoms with van der Waals surface area (Å²) in [6.45, 7) is 0. The fourth-order valence-corrected chi connectivity index (χ4v) is 4.79. The molecule has 1 heterocycles. The van der Waals surface area contributed by atoms with Gasteiger partial charge >= 0.3 is 5.51 Å². The van der Waals surface area contributed by atoms with E-state index in [9.17, 15) is 22.8 Å². The summed E-state index contributed by atoms with van der Waals surface area (Å²) in [6.07, 6.45) is 7.47. The number of carbonyl (C=O) groups excluding carboxylic acids is 2. The zero-order valence-corrected chi connectivity index (χ0v) is 14.8. The Morgan fingerprint density at radius 1 is 1.12 bits per heavy atom. The summed E-state index contributed by atoms with van der Waals surface area (Å²) in [5.74, 6) is 4.00. The number of hydrogen-bond donors (Lipinski definition) is 0. The van der Waals surface area contributed by atoms with E-state index in [1.807, 2.05) is 0 Å². The summed E-state index contributed by atoms with van der Waals surface area (Å²) in [6, 6.07) is 0. The van der Waals surface area contributed by atoms with E-state index in [-0.39, 0.29) is 10.9 Å². The van der Waals surface area contributed by atoms with Crippen molar-refractivity contribution >= 4 is 32.6 Å². The summed E-state index contributed by atoms with van der Waals surface area (Å²) in [5.41, 5.74) is -5.65. The van der Waals surface area contributed by atoms with E-state index in [0.29, 0.717) is 17.5 Å². The van der Waals surface area contributed by atoms with Crippen molar-refractivity contribution in [2.24, 2.45) is 5.92 Å². The summed E-state index contributed by atoms with van der Waals surface area (Å²) in [4.78, 5) is 23.2. The average Bonchev–Trinajstić information content (AvgIpc) is 2.49. The summed E-state index contributed by atoms with van der Waals surface area (Å²) in [7, 11) is -5.86. The van der Waals surface area contributed by atoms with Crippen LogP contribution in [0, 0.1) is 5.92 Å². The Labute approximate surface area is 142 Å². The van der Waals surface area contributed by atoms with E-state index in [2.05, 4.69) is 0 Å². The third-order valence-electron chi connectivity index (χ3n) is 4.03. The number of hydrogen-bond acceptors (Lipinski definition) is 5. The van der Waals surface area contributed by atoms with Gasteiger partial charge in [0.25, 0.3) is 0 Å². The maximum Gasteiger partial charge on any atom is 0.485 e. The number of Topliss-reactive ketones (excluding diaryl/α,β-unsaturated/α-hetero) is 2. The molecule has 0 bridgehead atoms. The number of halogens is 3. The molecule has 2 fully saturated rings. The lowest BCUT2D eigenvalue weighted by atomic mass is 9.87. The lowest BCUT2D eigenvalue weighted by Crippen LogP contribution is -2.32. The van der Waals surface area contributed by atoms with Crippen LogP contribution in [0.4, 0.5) is 13.2 Å². The second-order valence-corrected chi connectivity index (χ2v) is 9.61. The van der Waals surface area contributed by atoms with Gasteiger partial charge < -0.3 is 4.55 Å². The van der Waals surface area contributed by atoms with Crippen molar-refractivity contribution in [1.82, 2.24) is 0 Å². The van der Waals surface area contributed by atoms with E-state index >= 15 is 0 Å². The molecule has 2 rings (SSSR count). The molecule has 0 N–H and O–H groups in total. The highest BCUT2D eigenvalue weighted by Crippen LogP contribution is 2.25. The van der Waals surface area contributed by atoms with Crippen molar-refractivity contribution < 1.29 is 35.7 Å². The minimum Gasteiger partial charge on any atom is -0.741 e. The first-order chi connectivity index (χ1) is 11.0. The van der Waals surface area contributed by atoms with Gasteiger partial charge in [-0.25, -0.2) is 8.42 Å². The molecule has 1 saturated heterocycles. The highest BCUT2D eigenvalue weighted by Gasteiger charge is 2.37. The molecule has 24 heavy (non-hydrogen) atoms. The monoisotopic (exact) mass is 390 g/mol. The Hall–Kier alpha value is -0.610. The molecular formula is C14H21F3O5S2. The third kappa shape index (κ3) is 7.52. The van der Waals surface area contributed by atoms with Gasteiger partial charge in [-0.1, -0.05) is 19.3 Å². The Morgan fingerprint density at radius 3 is 2.00 bits per heavy atom. The second-order valence-electron chi connectivity index (χ2n) is 5.90. The first-order valence-electron chi connectivity index (χ1n) is 7.71. The van der Waals surface area contributed by atoms with E-state index < -0.39 is 15.6 Å². The largest absolute Gasteiger partial charge is 0.741 e. The molecule has 0 atom stereocenters. The van der Waals surface area contributed by atoms with Gasteiger partial charge in [0.2, 0.25) is 0 Å². The van der Waals surface area contributed by atoms with Gasteiger partial charge in [0.1, 0.15) is 17.3 Å². The maximum atomic E-state index is 12.1. The van der Waals surface area contributed by atoms with E-state index in [0.717, 1.165) is 42.9 Å². The van der Waals surface area contributed by atoms with Gasteiger partial charge in [-0.05, 0) is 23.7 Å². The van der Waals surface area contributed by atoms with Crippen LogP contribution < -0.4 is 0 Å². The normalized spacial score (nSPS) is 21.1. The van der Waals surface area contributed by atoms with Crippen LogP contribution in [0.3, 0.4) is 0 Å². The van der Waals surface area contributed by atoms with Crippen LogP contribution in [0.2, 0.25) is 0 Å². The van der Waals surface area contributed by atoms with Crippen molar-refractivity contribution in [2.45, 2.75) is 50.5 Å². The molecule has 0 radical (unpaired) electrons. The molecule has 0 amide bonds. The highest BCUT2D eigenvalue weighted by molar-refractivity contribution is 7.97. The SMILES string of the molecule is O=C1CC[S+](CC(=O)C2CCCCC2)CC1.O=S(=O)([O-])C(F)(F)F. The molecule has 10 heteroatoms. The van der Waals surface area contributed by atoms with Crippen molar-refractivity contribution in [1.29, 1.82) is 0 Å². The lowest BCUT2D eigenvalue weighted by molar-refractivity contribution is -0.121. The molecule has 0 aromatic rings. The predicted octanol–water partition coefficient (Wildman–Crippen LogP) is 2.17. The first-order valence-corrected chi connectivity index (χ1v) is 10.9. The van der Waals surface area contributed by atoms with Crippen LogP contribution in [-0.2, 0) is 30.6 Å². The molecule has 1 aliphatic carbocycles. The van der Waals surface area contributed by atoms with Gasteiger partial charge in [-0.3, -0.25) is 9.59 Å². The molecule has 5 nitrogen and oxygen atoms in total. The standard InChI is InChI=1S/C13H21O2S.CHF3O3S/c14-12-6-8-16(9-7-12)10-13(15)11-4-2-1-3-5-11;2-1(3,4)8(5,6)7/h11H,1-10H2;(H,5,6,7)/q+1;/p-1. The summed E-state index contributed by atoms with van der Waals surface area (Å²) < 4.78 is 58.9. The summed E-state index contributed by atoms with van der Waals surface area (Å²) >= 11 is 0. The molecule has 0 unspecified atom stereocenters. The van der Waals surface area contributed by atoms with Crippen molar-refractivity contribution in [3.63, 3.8) is 0 Å². The van der Waals surface area contributed by atoms with Gasteiger partial charge in [-0.2, -0.15) is 13.2 Å². The Balaban J connectivity index is 0.000000307. The van der Waals surface area contributed by atoms with E-state index in [4.69, 9.17) is 13.0 Å². The van der Waals surface area contributed by atoms with Gasteiger partial charge in [0, 0.05) is 5.92 Å². The smallest absolute Gasteiger partial charge is 0.485 e. The molecule has 0 spiro atoms. The minimum atomic E-state index is -6.09. The molecular weight excluding hydrogens is 369 g/mol. The van der Waals surface area contributed by atoms with Gasteiger partial charge in [0.15, 0.2) is 21.7 Å². The Morgan fingerprint density at radius 2 is 1.58 bits per heavy atom. The maximum absolute atomic E-state index is 12.1. The quantitative estimate of drug-likeness (QED) is 0.418. The number of ketones is 2. The molecule has 2 aliphatic rings. The molecule has 1 aliphatic heterocycles. The van der Waals surface area contributed by atoms with Gasteiger partial charge in [-0.15, -0.1) is 0 Å². The van der Waals surface area contributed by atoms with Crippen LogP contribution in [0.15, 0.2) is 0 Å². The molecule has 1 saturated carbocycles. The molecule has 140 valence electrons. The Bertz CT molecular complexity index is 529. The van der Waals surface area contributed by atoms with Crippen LogP contribution in [0.5, 0.6) is 0 Å². The fraction of sp³-hybridized carbons (Fsp3) is 0.857. The highest BCUT2D eigenvalue weighted by atomic mass is 32.2. The number of carbonyl (C=O) groups is 2. The van der Waals surface area contributed by atoms with Crippen LogP contribution in [0.25, 0.3) is 0 Å². The number of rotatable bonds is 3. The van der Waals surface area contributed by atoms with Crippen LogP contribution >= 0.6 is 0 Å². The molecule has 0 aromatic carbocycles. The van der Waals surface area contributed by atoms with E-state index in [1.54, 1.807) is 0 Å². The first kappa shape index (κ1) is 21.4. The van der Waals surface area contributed by atoms with Crippen molar-refractivity contribution in [2.75, 3.05) is 17.3 Å².